The molecule has 4 rings (SSSR count). The maximum Gasteiger partial charge on any atom is 0.150 e. The van der Waals surface area contributed by atoms with Gasteiger partial charge in [-0.3, -0.25) is 4.57 Å². The molecule has 2 aromatic carbocycles. The van der Waals surface area contributed by atoms with Crippen LogP contribution >= 0.6 is 0 Å². The molecule has 4 aromatic rings. The Labute approximate surface area is 157 Å². The smallest absolute Gasteiger partial charge is 0.150 e. The first-order valence-electron chi connectivity index (χ1n) is 8.88. The van der Waals surface area contributed by atoms with E-state index in [1.807, 2.05) is 11.5 Å². The van der Waals surface area contributed by atoms with Crippen LogP contribution in [0.2, 0.25) is 0 Å². The van der Waals surface area contributed by atoms with Crippen LogP contribution in [0.15, 0.2) is 48.8 Å². The fraction of sp³-hybridized carbons (Fsp3) is 0.182. The first kappa shape index (κ1) is 17.2. The van der Waals surface area contributed by atoms with Gasteiger partial charge in [-0.25, -0.2) is 14.4 Å². The Kier molecular flexibility index (Phi) is 4.15. The van der Waals surface area contributed by atoms with E-state index >= 15 is 0 Å². The summed E-state index contributed by atoms with van der Waals surface area (Å²) in [5.74, 6) is 0.515. The molecule has 5 heteroatoms. The van der Waals surface area contributed by atoms with Gasteiger partial charge in [-0.05, 0) is 80.8 Å². The summed E-state index contributed by atoms with van der Waals surface area (Å²) in [6, 6.07) is 12.7. The number of aryl methyl sites for hydroxylation is 3. The average molecular weight is 360 g/mol. The van der Waals surface area contributed by atoms with E-state index in [2.05, 4.69) is 54.3 Å². The van der Waals surface area contributed by atoms with Crippen molar-refractivity contribution in [1.82, 2.24) is 14.5 Å². The van der Waals surface area contributed by atoms with Crippen LogP contribution < -0.4 is 5.32 Å². The van der Waals surface area contributed by atoms with Gasteiger partial charge >= 0.3 is 0 Å². The quantitative estimate of drug-likeness (QED) is 0.522. The topological polar surface area (TPSA) is 42.7 Å². The van der Waals surface area contributed by atoms with Gasteiger partial charge in [0.2, 0.25) is 0 Å². The summed E-state index contributed by atoms with van der Waals surface area (Å²) in [5.41, 5.74) is 7.30. The number of nitrogens with zero attached hydrogens (tertiary/aromatic N) is 3. The van der Waals surface area contributed by atoms with E-state index in [-0.39, 0.29) is 5.82 Å². The van der Waals surface area contributed by atoms with Crippen molar-refractivity contribution in [1.29, 1.82) is 0 Å². The van der Waals surface area contributed by atoms with Crippen LogP contribution in [-0.4, -0.2) is 14.5 Å². The molecule has 136 valence electrons. The van der Waals surface area contributed by atoms with E-state index in [1.165, 1.54) is 23.3 Å². The van der Waals surface area contributed by atoms with Gasteiger partial charge in [0.05, 0.1) is 5.39 Å². The van der Waals surface area contributed by atoms with Crippen molar-refractivity contribution < 1.29 is 4.39 Å². The second kappa shape index (κ2) is 6.50. The van der Waals surface area contributed by atoms with Crippen molar-refractivity contribution in [3.05, 3.63) is 77.0 Å². The zero-order valence-electron chi connectivity index (χ0n) is 15.8. The Morgan fingerprint density at radius 2 is 1.63 bits per heavy atom. The summed E-state index contributed by atoms with van der Waals surface area (Å²) in [6.45, 7) is 8.29. The molecular weight excluding hydrogens is 339 g/mol. The number of rotatable bonds is 3. The van der Waals surface area contributed by atoms with Gasteiger partial charge in [0.25, 0.3) is 0 Å². The first-order valence-corrected chi connectivity index (χ1v) is 8.88. The van der Waals surface area contributed by atoms with E-state index in [9.17, 15) is 4.39 Å². The van der Waals surface area contributed by atoms with Gasteiger partial charge < -0.3 is 5.32 Å². The number of nitrogens with one attached hydrogen (secondary N) is 1. The third-order valence-corrected chi connectivity index (χ3v) is 5.15. The van der Waals surface area contributed by atoms with Crippen molar-refractivity contribution in [2.45, 2.75) is 27.7 Å². The van der Waals surface area contributed by atoms with Gasteiger partial charge in [-0.1, -0.05) is 6.07 Å². The number of halogens is 1. The number of aromatic nitrogens is 3. The highest BCUT2D eigenvalue weighted by Gasteiger charge is 2.17. The van der Waals surface area contributed by atoms with Gasteiger partial charge in [-0.15, -0.1) is 0 Å². The lowest BCUT2D eigenvalue weighted by atomic mass is 10.1. The fourth-order valence-corrected chi connectivity index (χ4v) is 3.36. The molecule has 1 N–H and O–H groups in total. The molecule has 0 unspecified atom stereocenters. The standard InChI is InChI=1S/C22H21FN4/c1-13-5-8-18(11-14(13)2)26-21-20-15(3)16(4)27(22(20)25-12-24-21)19-9-6-17(23)7-10-19/h5-12H,1-4H3,(H,24,25,26). The molecule has 0 aliphatic carbocycles. The molecule has 0 aliphatic heterocycles. The van der Waals surface area contributed by atoms with Crippen LogP contribution in [0, 0.1) is 33.5 Å². The van der Waals surface area contributed by atoms with E-state index < -0.39 is 0 Å². The summed E-state index contributed by atoms with van der Waals surface area (Å²) in [7, 11) is 0. The minimum atomic E-state index is -0.253. The number of fused-ring (bicyclic) bond motifs is 1. The molecule has 0 bridgehead atoms. The summed E-state index contributed by atoms with van der Waals surface area (Å²) in [5, 5.41) is 4.40. The molecule has 0 aliphatic rings. The van der Waals surface area contributed by atoms with E-state index in [4.69, 9.17) is 0 Å². The van der Waals surface area contributed by atoms with Crippen molar-refractivity contribution in [2.75, 3.05) is 5.32 Å². The van der Waals surface area contributed by atoms with Crippen LogP contribution in [0.5, 0.6) is 0 Å². The minimum Gasteiger partial charge on any atom is -0.340 e. The van der Waals surface area contributed by atoms with Crippen LogP contribution in [0.4, 0.5) is 15.9 Å². The Bertz CT molecular complexity index is 1140. The van der Waals surface area contributed by atoms with Crippen LogP contribution in [0.25, 0.3) is 16.7 Å². The summed E-state index contributed by atoms with van der Waals surface area (Å²) in [4.78, 5) is 9.00. The number of anilines is 2. The van der Waals surface area contributed by atoms with Crippen molar-refractivity contribution >= 4 is 22.5 Å². The van der Waals surface area contributed by atoms with Gasteiger partial charge in [-0.2, -0.15) is 0 Å². The third kappa shape index (κ3) is 2.95. The molecular formula is C22H21FN4. The largest absolute Gasteiger partial charge is 0.340 e. The lowest BCUT2D eigenvalue weighted by molar-refractivity contribution is 0.627. The normalized spacial score (nSPS) is 11.1. The Morgan fingerprint density at radius 1 is 0.889 bits per heavy atom. The molecule has 0 spiro atoms. The zero-order chi connectivity index (χ0) is 19.1. The van der Waals surface area contributed by atoms with E-state index in [0.717, 1.165) is 39.5 Å². The fourth-order valence-electron chi connectivity index (χ4n) is 3.36. The molecule has 2 heterocycles. The molecule has 4 nitrogen and oxygen atoms in total. The second-order valence-corrected chi connectivity index (χ2v) is 6.87. The van der Waals surface area contributed by atoms with Gasteiger partial charge in [0.1, 0.15) is 18.0 Å². The molecule has 0 radical (unpaired) electrons. The average Bonchev–Trinajstić information content (AvgIpc) is 2.91. The van der Waals surface area contributed by atoms with E-state index in [0.29, 0.717) is 0 Å². The highest BCUT2D eigenvalue weighted by molar-refractivity contribution is 5.94. The SMILES string of the molecule is Cc1ccc(Nc2ncnc3c2c(C)c(C)n3-c2ccc(F)cc2)cc1C. The van der Waals surface area contributed by atoms with Gasteiger partial charge in [0.15, 0.2) is 5.65 Å². The monoisotopic (exact) mass is 360 g/mol. The maximum atomic E-state index is 13.3. The summed E-state index contributed by atoms with van der Waals surface area (Å²) in [6.07, 6.45) is 1.56. The predicted molar refractivity (Wildman–Crippen MR) is 107 cm³/mol. The number of hydrogen-bond acceptors (Lipinski definition) is 3. The minimum absolute atomic E-state index is 0.253. The lowest BCUT2D eigenvalue weighted by Crippen LogP contribution is -2.00. The number of hydrogen-bond donors (Lipinski definition) is 1. The first-order chi connectivity index (χ1) is 13.0. The summed E-state index contributed by atoms with van der Waals surface area (Å²) < 4.78 is 15.4. The Morgan fingerprint density at radius 3 is 2.33 bits per heavy atom. The predicted octanol–water partition coefficient (Wildman–Crippen LogP) is 5.54. The van der Waals surface area contributed by atoms with Crippen LogP contribution in [-0.2, 0) is 0 Å². The molecule has 27 heavy (non-hydrogen) atoms. The molecule has 0 fully saturated rings. The molecule has 0 saturated carbocycles. The van der Waals surface area contributed by atoms with Crippen molar-refractivity contribution in [3.8, 4) is 5.69 Å². The molecule has 2 aromatic heterocycles. The zero-order valence-corrected chi connectivity index (χ0v) is 15.8. The van der Waals surface area contributed by atoms with Crippen molar-refractivity contribution in [3.63, 3.8) is 0 Å². The Hall–Kier alpha value is -3.21. The highest BCUT2D eigenvalue weighted by Crippen LogP contribution is 2.32. The van der Waals surface area contributed by atoms with Crippen LogP contribution in [0.1, 0.15) is 22.4 Å². The molecule has 0 amide bonds. The maximum absolute atomic E-state index is 13.3. The van der Waals surface area contributed by atoms with Gasteiger partial charge in [0, 0.05) is 17.1 Å². The Balaban J connectivity index is 1.87. The molecule has 0 saturated heterocycles. The third-order valence-electron chi connectivity index (χ3n) is 5.15. The van der Waals surface area contributed by atoms with Crippen LogP contribution in [0.3, 0.4) is 0 Å². The lowest BCUT2D eigenvalue weighted by Gasteiger charge is -2.10. The summed E-state index contributed by atoms with van der Waals surface area (Å²) >= 11 is 0. The molecule has 0 atom stereocenters. The second-order valence-electron chi connectivity index (χ2n) is 6.87. The van der Waals surface area contributed by atoms with Crippen molar-refractivity contribution in [2.24, 2.45) is 0 Å². The van der Waals surface area contributed by atoms with E-state index in [1.54, 1.807) is 18.5 Å². The number of benzene rings is 2. The highest BCUT2D eigenvalue weighted by atomic mass is 19.1.